The molecule has 0 aliphatic heterocycles. The van der Waals surface area contributed by atoms with Crippen molar-refractivity contribution in [1.29, 1.82) is 0 Å². The highest BCUT2D eigenvalue weighted by Crippen LogP contribution is 2.10. The summed E-state index contributed by atoms with van der Waals surface area (Å²) < 4.78 is 5.33. The van der Waals surface area contributed by atoms with E-state index in [1.54, 1.807) is 13.3 Å². The average molecular weight is 442 g/mol. The van der Waals surface area contributed by atoms with Crippen LogP contribution in [0.2, 0.25) is 0 Å². The zero-order valence-corrected chi connectivity index (χ0v) is 16.9. The van der Waals surface area contributed by atoms with Crippen LogP contribution in [0.5, 0.6) is 0 Å². The Kier molecular flexibility index (Phi) is 9.48. The molecule has 0 radical (unpaired) electrons. The maximum atomic E-state index is 5.33. The number of benzene rings is 1. The zero-order valence-electron chi connectivity index (χ0n) is 14.6. The SMILES string of the molecule is CN=C(NCCc1ccco1)NCc1ccccc1CN(C)C.I. The fourth-order valence-electron chi connectivity index (χ4n) is 2.38. The molecule has 5 nitrogen and oxygen atoms in total. The molecule has 0 bridgehead atoms. The third-order valence-corrected chi connectivity index (χ3v) is 3.52. The van der Waals surface area contributed by atoms with Crippen molar-refractivity contribution in [3.63, 3.8) is 0 Å². The van der Waals surface area contributed by atoms with Gasteiger partial charge in [0.15, 0.2) is 5.96 Å². The van der Waals surface area contributed by atoms with Gasteiger partial charge in [0.1, 0.15) is 5.76 Å². The maximum absolute atomic E-state index is 5.33. The Bertz CT molecular complexity index is 611. The number of nitrogens with zero attached hydrogens (tertiary/aromatic N) is 2. The van der Waals surface area contributed by atoms with Gasteiger partial charge in [-0.05, 0) is 37.4 Å². The van der Waals surface area contributed by atoms with Crippen LogP contribution >= 0.6 is 24.0 Å². The molecule has 0 atom stereocenters. The summed E-state index contributed by atoms with van der Waals surface area (Å²) in [5.41, 5.74) is 2.62. The van der Waals surface area contributed by atoms with E-state index in [0.717, 1.165) is 37.8 Å². The molecule has 2 aromatic rings. The highest BCUT2D eigenvalue weighted by Gasteiger charge is 2.04. The first-order chi connectivity index (χ1) is 11.2. The first-order valence-electron chi connectivity index (χ1n) is 7.87. The summed E-state index contributed by atoms with van der Waals surface area (Å²) in [5.74, 6) is 1.78. The second-order valence-electron chi connectivity index (χ2n) is 5.69. The Hall–Kier alpha value is -1.54. The normalized spacial score (nSPS) is 11.2. The molecular weight excluding hydrogens is 415 g/mol. The average Bonchev–Trinajstić information content (AvgIpc) is 3.05. The molecule has 2 rings (SSSR count). The fraction of sp³-hybridized carbons (Fsp3) is 0.389. The van der Waals surface area contributed by atoms with Crippen LogP contribution in [0, 0.1) is 0 Å². The molecule has 0 saturated heterocycles. The minimum absolute atomic E-state index is 0. The molecule has 2 N–H and O–H groups in total. The van der Waals surface area contributed by atoms with Gasteiger partial charge in [0, 0.05) is 33.1 Å². The van der Waals surface area contributed by atoms with E-state index >= 15 is 0 Å². The second kappa shape index (κ2) is 11.1. The highest BCUT2D eigenvalue weighted by molar-refractivity contribution is 14.0. The molecule has 132 valence electrons. The van der Waals surface area contributed by atoms with Gasteiger partial charge in [-0.2, -0.15) is 0 Å². The van der Waals surface area contributed by atoms with Crippen molar-refractivity contribution in [2.75, 3.05) is 27.7 Å². The number of nitrogens with one attached hydrogen (secondary N) is 2. The van der Waals surface area contributed by atoms with Crippen LogP contribution in [0.3, 0.4) is 0 Å². The van der Waals surface area contributed by atoms with E-state index in [4.69, 9.17) is 4.42 Å². The summed E-state index contributed by atoms with van der Waals surface area (Å²) in [6, 6.07) is 12.4. The Morgan fingerprint density at radius 3 is 2.46 bits per heavy atom. The molecule has 0 saturated carbocycles. The van der Waals surface area contributed by atoms with Gasteiger partial charge in [-0.25, -0.2) is 0 Å². The van der Waals surface area contributed by atoms with E-state index in [9.17, 15) is 0 Å². The molecule has 0 spiro atoms. The van der Waals surface area contributed by atoms with Gasteiger partial charge in [-0.1, -0.05) is 24.3 Å². The van der Waals surface area contributed by atoms with E-state index in [1.807, 2.05) is 12.1 Å². The topological polar surface area (TPSA) is 52.8 Å². The van der Waals surface area contributed by atoms with Crippen molar-refractivity contribution in [2.24, 2.45) is 4.99 Å². The molecular formula is C18H27IN4O. The lowest BCUT2D eigenvalue weighted by atomic mass is 10.1. The predicted octanol–water partition coefficient (Wildman–Crippen LogP) is 2.87. The molecule has 0 amide bonds. The summed E-state index contributed by atoms with van der Waals surface area (Å²) in [5, 5.41) is 6.68. The lowest BCUT2D eigenvalue weighted by Crippen LogP contribution is -2.38. The summed E-state index contributed by atoms with van der Waals surface area (Å²) in [6.07, 6.45) is 2.54. The lowest BCUT2D eigenvalue weighted by molar-refractivity contribution is 0.400. The van der Waals surface area contributed by atoms with Crippen LogP contribution in [0.1, 0.15) is 16.9 Å². The van der Waals surface area contributed by atoms with Crippen molar-refractivity contribution in [3.8, 4) is 0 Å². The van der Waals surface area contributed by atoms with Crippen LogP contribution in [-0.4, -0.2) is 38.5 Å². The minimum atomic E-state index is 0. The molecule has 1 aromatic carbocycles. The first-order valence-corrected chi connectivity index (χ1v) is 7.87. The third kappa shape index (κ3) is 6.92. The quantitative estimate of drug-likeness (QED) is 0.394. The largest absolute Gasteiger partial charge is 0.469 e. The standard InChI is InChI=1S/C18H26N4O.HI/c1-19-18(20-11-10-17-9-6-12-23-17)21-13-15-7-4-5-8-16(15)14-22(2)3;/h4-9,12H,10-11,13-14H2,1-3H3,(H2,19,20,21);1H. The number of hydrogen-bond acceptors (Lipinski definition) is 3. The van der Waals surface area contributed by atoms with Gasteiger partial charge in [-0.15, -0.1) is 24.0 Å². The third-order valence-electron chi connectivity index (χ3n) is 3.52. The second-order valence-corrected chi connectivity index (χ2v) is 5.69. The fourth-order valence-corrected chi connectivity index (χ4v) is 2.38. The van der Waals surface area contributed by atoms with Crippen molar-refractivity contribution in [3.05, 3.63) is 59.5 Å². The molecule has 6 heteroatoms. The van der Waals surface area contributed by atoms with E-state index in [1.165, 1.54) is 11.1 Å². The molecule has 0 aliphatic carbocycles. The zero-order chi connectivity index (χ0) is 16.5. The van der Waals surface area contributed by atoms with E-state index < -0.39 is 0 Å². The number of rotatable bonds is 7. The van der Waals surface area contributed by atoms with E-state index in [-0.39, 0.29) is 24.0 Å². The van der Waals surface area contributed by atoms with E-state index in [0.29, 0.717) is 0 Å². The molecule has 24 heavy (non-hydrogen) atoms. The van der Waals surface area contributed by atoms with Gasteiger partial charge in [0.2, 0.25) is 0 Å². The van der Waals surface area contributed by atoms with Crippen molar-refractivity contribution >= 4 is 29.9 Å². The highest BCUT2D eigenvalue weighted by atomic mass is 127. The monoisotopic (exact) mass is 442 g/mol. The summed E-state index contributed by atoms with van der Waals surface area (Å²) in [7, 11) is 5.95. The number of hydrogen-bond donors (Lipinski definition) is 2. The van der Waals surface area contributed by atoms with Crippen LogP contribution < -0.4 is 10.6 Å². The maximum Gasteiger partial charge on any atom is 0.191 e. The van der Waals surface area contributed by atoms with Crippen LogP contribution in [0.15, 0.2) is 52.1 Å². The van der Waals surface area contributed by atoms with Gasteiger partial charge < -0.3 is 20.0 Å². The predicted molar refractivity (Wildman–Crippen MR) is 110 cm³/mol. The van der Waals surface area contributed by atoms with Gasteiger partial charge in [0.05, 0.1) is 6.26 Å². The number of aliphatic imine (C=N–C) groups is 1. The summed E-state index contributed by atoms with van der Waals surface area (Å²) in [6.45, 7) is 2.47. The Morgan fingerprint density at radius 1 is 1.08 bits per heavy atom. The van der Waals surface area contributed by atoms with Crippen LogP contribution in [0.4, 0.5) is 0 Å². The summed E-state index contributed by atoms with van der Waals surface area (Å²) in [4.78, 5) is 6.44. The van der Waals surface area contributed by atoms with Gasteiger partial charge >= 0.3 is 0 Å². The number of guanidine groups is 1. The van der Waals surface area contributed by atoms with Crippen LogP contribution in [0.25, 0.3) is 0 Å². The van der Waals surface area contributed by atoms with Gasteiger partial charge in [0.25, 0.3) is 0 Å². The van der Waals surface area contributed by atoms with Crippen molar-refractivity contribution in [2.45, 2.75) is 19.5 Å². The Balaban J connectivity index is 0.00000288. The Morgan fingerprint density at radius 2 is 1.83 bits per heavy atom. The van der Waals surface area contributed by atoms with Crippen molar-refractivity contribution < 1.29 is 4.42 Å². The Labute approximate surface area is 161 Å². The molecule has 0 aliphatic rings. The smallest absolute Gasteiger partial charge is 0.191 e. The molecule has 0 unspecified atom stereocenters. The first kappa shape index (κ1) is 20.5. The van der Waals surface area contributed by atoms with E-state index in [2.05, 4.69) is 58.9 Å². The van der Waals surface area contributed by atoms with Crippen LogP contribution in [-0.2, 0) is 19.5 Å². The molecule has 0 fully saturated rings. The lowest BCUT2D eigenvalue weighted by Gasteiger charge is -2.16. The summed E-state index contributed by atoms with van der Waals surface area (Å²) >= 11 is 0. The van der Waals surface area contributed by atoms with Crippen molar-refractivity contribution in [1.82, 2.24) is 15.5 Å². The molecule has 1 aromatic heterocycles. The number of furan rings is 1. The number of halogens is 1. The molecule has 1 heterocycles. The van der Waals surface area contributed by atoms with Gasteiger partial charge in [-0.3, -0.25) is 4.99 Å². The minimum Gasteiger partial charge on any atom is -0.469 e.